The predicted octanol–water partition coefficient (Wildman–Crippen LogP) is 3.04. The molecule has 1 aliphatic rings. The van der Waals surface area contributed by atoms with Gasteiger partial charge in [-0.15, -0.1) is 0 Å². The minimum Gasteiger partial charge on any atom is -0.378 e. The molecule has 5 nitrogen and oxygen atoms in total. The fourth-order valence-electron chi connectivity index (χ4n) is 2.71. The third kappa shape index (κ3) is 3.81. The van der Waals surface area contributed by atoms with Crippen molar-refractivity contribution >= 4 is 23.1 Å². The SMILES string of the molecule is CN(C)c1cccc(NC(=O)Nc2ccc3c(c2)CCNC3)c1. The summed E-state index contributed by atoms with van der Waals surface area (Å²) in [4.78, 5) is 14.2. The van der Waals surface area contributed by atoms with Crippen LogP contribution in [0.15, 0.2) is 42.5 Å². The van der Waals surface area contributed by atoms with Gasteiger partial charge in [-0.25, -0.2) is 4.79 Å². The molecule has 0 radical (unpaired) electrons. The van der Waals surface area contributed by atoms with E-state index in [-0.39, 0.29) is 6.03 Å². The molecule has 0 fully saturated rings. The lowest BCUT2D eigenvalue weighted by molar-refractivity contribution is 0.262. The number of rotatable bonds is 3. The lowest BCUT2D eigenvalue weighted by Gasteiger charge is -2.18. The van der Waals surface area contributed by atoms with Crippen LogP contribution in [0.1, 0.15) is 11.1 Å². The minimum absolute atomic E-state index is 0.227. The molecule has 23 heavy (non-hydrogen) atoms. The lowest BCUT2D eigenvalue weighted by atomic mass is 10.0. The van der Waals surface area contributed by atoms with Crippen LogP contribution in [-0.4, -0.2) is 26.7 Å². The Hall–Kier alpha value is -2.53. The molecule has 5 heteroatoms. The van der Waals surface area contributed by atoms with Gasteiger partial charge in [-0.1, -0.05) is 12.1 Å². The number of hydrogen-bond donors (Lipinski definition) is 3. The smallest absolute Gasteiger partial charge is 0.323 e. The summed E-state index contributed by atoms with van der Waals surface area (Å²) >= 11 is 0. The van der Waals surface area contributed by atoms with Crippen molar-refractivity contribution in [1.82, 2.24) is 5.32 Å². The van der Waals surface area contributed by atoms with Crippen LogP contribution in [0.3, 0.4) is 0 Å². The topological polar surface area (TPSA) is 56.4 Å². The van der Waals surface area contributed by atoms with E-state index >= 15 is 0 Å². The first kappa shape index (κ1) is 15.4. The van der Waals surface area contributed by atoms with Crippen LogP contribution in [0.2, 0.25) is 0 Å². The molecule has 3 rings (SSSR count). The van der Waals surface area contributed by atoms with Crippen molar-refractivity contribution in [3.8, 4) is 0 Å². The summed E-state index contributed by atoms with van der Waals surface area (Å²) in [6, 6.07) is 13.6. The number of carbonyl (C=O) groups is 1. The number of nitrogens with one attached hydrogen (secondary N) is 3. The fourth-order valence-corrected chi connectivity index (χ4v) is 2.71. The van der Waals surface area contributed by atoms with Gasteiger partial charge >= 0.3 is 6.03 Å². The number of benzene rings is 2. The monoisotopic (exact) mass is 310 g/mol. The number of fused-ring (bicyclic) bond motifs is 1. The molecule has 1 aliphatic heterocycles. The van der Waals surface area contributed by atoms with E-state index in [1.54, 1.807) is 0 Å². The van der Waals surface area contributed by atoms with E-state index in [9.17, 15) is 4.79 Å². The van der Waals surface area contributed by atoms with Gasteiger partial charge in [0, 0.05) is 37.7 Å². The first-order valence-electron chi connectivity index (χ1n) is 7.80. The van der Waals surface area contributed by atoms with E-state index in [1.807, 2.05) is 49.3 Å². The van der Waals surface area contributed by atoms with Crippen molar-refractivity contribution in [3.05, 3.63) is 53.6 Å². The van der Waals surface area contributed by atoms with Gasteiger partial charge in [-0.05, 0) is 54.4 Å². The van der Waals surface area contributed by atoms with Gasteiger partial charge in [0.15, 0.2) is 0 Å². The Kier molecular flexibility index (Phi) is 4.48. The molecule has 0 atom stereocenters. The molecule has 2 aromatic carbocycles. The molecule has 1 heterocycles. The highest BCUT2D eigenvalue weighted by Gasteiger charge is 2.10. The van der Waals surface area contributed by atoms with Crippen LogP contribution in [0, 0.1) is 0 Å². The minimum atomic E-state index is -0.227. The Morgan fingerprint density at radius 2 is 1.83 bits per heavy atom. The van der Waals surface area contributed by atoms with Crippen molar-refractivity contribution in [2.24, 2.45) is 0 Å². The average Bonchev–Trinajstić information content (AvgIpc) is 2.55. The van der Waals surface area contributed by atoms with Crippen LogP contribution < -0.4 is 20.9 Å². The summed E-state index contributed by atoms with van der Waals surface area (Å²) in [5.74, 6) is 0. The number of nitrogens with zero attached hydrogens (tertiary/aromatic N) is 1. The van der Waals surface area contributed by atoms with Crippen LogP contribution >= 0.6 is 0 Å². The maximum Gasteiger partial charge on any atom is 0.323 e. The Morgan fingerprint density at radius 3 is 2.61 bits per heavy atom. The van der Waals surface area contributed by atoms with Crippen LogP contribution in [0.5, 0.6) is 0 Å². The highest BCUT2D eigenvalue weighted by atomic mass is 16.2. The van der Waals surface area contributed by atoms with Gasteiger partial charge in [0.1, 0.15) is 0 Å². The first-order valence-corrected chi connectivity index (χ1v) is 7.80. The number of urea groups is 1. The van der Waals surface area contributed by atoms with Crippen LogP contribution in [0.25, 0.3) is 0 Å². The molecular formula is C18H22N4O. The normalized spacial score (nSPS) is 13.1. The molecular weight excluding hydrogens is 288 g/mol. The van der Waals surface area contributed by atoms with Crippen molar-refractivity contribution in [3.63, 3.8) is 0 Å². The van der Waals surface area contributed by atoms with Gasteiger partial charge in [-0.3, -0.25) is 0 Å². The van der Waals surface area contributed by atoms with E-state index in [0.717, 1.165) is 36.6 Å². The summed E-state index contributed by atoms with van der Waals surface area (Å²) < 4.78 is 0. The number of amides is 2. The quantitative estimate of drug-likeness (QED) is 0.817. The van der Waals surface area contributed by atoms with Gasteiger partial charge in [0.2, 0.25) is 0 Å². The number of hydrogen-bond acceptors (Lipinski definition) is 3. The molecule has 0 aromatic heterocycles. The molecule has 0 unspecified atom stereocenters. The zero-order valence-electron chi connectivity index (χ0n) is 13.5. The van der Waals surface area contributed by atoms with Crippen molar-refractivity contribution in [2.45, 2.75) is 13.0 Å². The third-order valence-electron chi connectivity index (χ3n) is 3.97. The maximum atomic E-state index is 12.2. The van der Waals surface area contributed by atoms with Crippen LogP contribution in [-0.2, 0) is 13.0 Å². The highest BCUT2D eigenvalue weighted by Crippen LogP contribution is 2.20. The van der Waals surface area contributed by atoms with E-state index in [4.69, 9.17) is 0 Å². The first-order chi connectivity index (χ1) is 11.1. The second-order valence-electron chi connectivity index (χ2n) is 5.93. The molecule has 0 bridgehead atoms. The second-order valence-corrected chi connectivity index (χ2v) is 5.93. The fraction of sp³-hybridized carbons (Fsp3) is 0.278. The molecule has 2 aromatic rings. The maximum absolute atomic E-state index is 12.2. The molecule has 0 saturated carbocycles. The zero-order valence-corrected chi connectivity index (χ0v) is 13.5. The third-order valence-corrected chi connectivity index (χ3v) is 3.97. The summed E-state index contributed by atoms with van der Waals surface area (Å²) in [6.07, 6.45) is 0.997. The zero-order chi connectivity index (χ0) is 16.2. The molecule has 2 amide bonds. The van der Waals surface area contributed by atoms with Gasteiger partial charge in [0.05, 0.1) is 0 Å². The molecule has 3 N–H and O–H groups in total. The van der Waals surface area contributed by atoms with Gasteiger partial charge in [-0.2, -0.15) is 0 Å². The molecule has 0 spiro atoms. The summed E-state index contributed by atoms with van der Waals surface area (Å²) in [6.45, 7) is 1.89. The van der Waals surface area contributed by atoms with E-state index in [0.29, 0.717) is 0 Å². The second kappa shape index (κ2) is 6.71. The van der Waals surface area contributed by atoms with Crippen molar-refractivity contribution in [1.29, 1.82) is 0 Å². The number of anilines is 3. The summed E-state index contributed by atoms with van der Waals surface area (Å²) in [5, 5.41) is 9.13. The van der Waals surface area contributed by atoms with E-state index in [1.165, 1.54) is 11.1 Å². The predicted molar refractivity (Wildman–Crippen MR) is 95.3 cm³/mol. The van der Waals surface area contributed by atoms with Crippen molar-refractivity contribution in [2.75, 3.05) is 36.2 Å². The van der Waals surface area contributed by atoms with E-state index < -0.39 is 0 Å². The molecule has 0 aliphatic carbocycles. The molecule has 120 valence electrons. The Labute approximate surface area is 136 Å². The average molecular weight is 310 g/mol. The van der Waals surface area contributed by atoms with Crippen LogP contribution in [0.4, 0.5) is 21.9 Å². The highest BCUT2D eigenvalue weighted by molar-refractivity contribution is 6.00. The van der Waals surface area contributed by atoms with Gasteiger partial charge in [0.25, 0.3) is 0 Å². The Bertz CT molecular complexity index is 712. The number of carbonyl (C=O) groups excluding carboxylic acids is 1. The summed E-state index contributed by atoms with van der Waals surface area (Å²) in [7, 11) is 3.95. The largest absolute Gasteiger partial charge is 0.378 e. The Balaban J connectivity index is 1.66. The molecule has 0 saturated heterocycles. The summed E-state index contributed by atoms with van der Waals surface area (Å²) in [5.41, 5.74) is 5.25. The van der Waals surface area contributed by atoms with Gasteiger partial charge < -0.3 is 20.9 Å². The van der Waals surface area contributed by atoms with Crippen molar-refractivity contribution < 1.29 is 4.79 Å². The lowest BCUT2D eigenvalue weighted by Crippen LogP contribution is -2.24. The van der Waals surface area contributed by atoms with E-state index in [2.05, 4.69) is 28.1 Å². The Morgan fingerprint density at radius 1 is 1.04 bits per heavy atom. The standard InChI is InChI=1S/C18H22N4O/c1-22(2)17-5-3-4-15(11-17)20-18(23)21-16-7-6-14-12-19-9-8-13(14)10-16/h3-7,10-11,19H,8-9,12H2,1-2H3,(H2,20,21,23).